The van der Waals surface area contributed by atoms with E-state index in [1.54, 1.807) is 24.3 Å². The number of carbonyl (C=O) groups excluding carboxylic acids is 1. The summed E-state index contributed by atoms with van der Waals surface area (Å²) in [5.74, 6) is -1.13. The van der Waals surface area contributed by atoms with Crippen LogP contribution in [0, 0.1) is 0 Å². The smallest absolute Gasteiger partial charge is 0.341 e. The van der Waals surface area contributed by atoms with Gasteiger partial charge < -0.3 is 9.84 Å². The van der Waals surface area contributed by atoms with Crippen molar-refractivity contribution in [1.82, 2.24) is 0 Å². The summed E-state index contributed by atoms with van der Waals surface area (Å²) in [4.78, 5) is 23.8. The Morgan fingerprint density at radius 2 is 1.96 bits per heavy atom. The van der Waals surface area contributed by atoms with Crippen molar-refractivity contribution in [2.24, 2.45) is 0 Å². The van der Waals surface area contributed by atoms with E-state index in [4.69, 9.17) is 44.6 Å². The maximum absolute atomic E-state index is 13.1. The van der Waals surface area contributed by atoms with E-state index >= 15 is 0 Å². The molecule has 0 bridgehead atoms. The minimum atomic E-state index is -1.13. The van der Waals surface area contributed by atoms with E-state index in [0.717, 1.165) is 5.56 Å². The van der Waals surface area contributed by atoms with E-state index in [9.17, 15) is 9.59 Å². The highest BCUT2D eigenvalue weighted by Crippen LogP contribution is 2.47. The molecule has 1 aliphatic rings. The van der Waals surface area contributed by atoms with Crippen LogP contribution in [0.3, 0.4) is 0 Å². The van der Waals surface area contributed by atoms with Crippen LogP contribution in [-0.4, -0.2) is 23.5 Å². The van der Waals surface area contributed by atoms with Crippen molar-refractivity contribution in [3.05, 3.63) is 62.1 Å². The number of hydrogen-bond acceptors (Lipinski definition) is 3. The third-order valence-electron chi connectivity index (χ3n) is 4.34. The second-order valence-electron chi connectivity index (χ2n) is 6.07. The van der Waals surface area contributed by atoms with Gasteiger partial charge in [-0.15, -0.1) is 0 Å². The fraction of sp³-hybridized carbons (Fsp3) is 0.222. The zero-order chi connectivity index (χ0) is 18.4. The molecule has 0 spiro atoms. The predicted octanol–water partition coefficient (Wildman–Crippen LogP) is 4.81. The number of carbonyl (C=O) groups is 2. The maximum Gasteiger partial charge on any atom is 0.341 e. The van der Waals surface area contributed by atoms with Gasteiger partial charge >= 0.3 is 5.97 Å². The van der Waals surface area contributed by atoms with Gasteiger partial charge in [-0.3, -0.25) is 4.79 Å². The number of Topliss-reactive ketones (excluding diaryl/α,β-unsaturated/α-hetero) is 1. The largest absolute Gasteiger partial charge is 0.480 e. The van der Waals surface area contributed by atoms with Crippen LogP contribution >= 0.6 is 34.8 Å². The molecule has 0 radical (unpaired) electrons. The molecule has 0 fully saturated rings. The molecule has 0 saturated carbocycles. The van der Waals surface area contributed by atoms with Crippen molar-refractivity contribution in [2.75, 3.05) is 6.61 Å². The summed E-state index contributed by atoms with van der Waals surface area (Å²) in [5, 5.41) is 9.41. The quantitative estimate of drug-likeness (QED) is 0.801. The van der Waals surface area contributed by atoms with Gasteiger partial charge in [-0.2, -0.15) is 0 Å². The standard InChI is InChI=1S/C18H13Cl3O4/c1-18(10-3-2-4-11(19)6-10)7-9-5-12(25-8-13(22)23)15(20)16(21)14(9)17(18)24/h2-6H,7-8H2,1H3,(H,22,23). The fourth-order valence-corrected chi connectivity index (χ4v) is 3.78. The highest BCUT2D eigenvalue weighted by Gasteiger charge is 2.45. The molecular formula is C18H13Cl3O4. The summed E-state index contributed by atoms with van der Waals surface area (Å²) in [6.07, 6.45) is 0.391. The molecule has 4 nitrogen and oxygen atoms in total. The number of ketones is 1. The van der Waals surface area contributed by atoms with Gasteiger partial charge in [0.2, 0.25) is 0 Å². The average Bonchev–Trinajstić information content (AvgIpc) is 2.82. The van der Waals surface area contributed by atoms with Crippen LogP contribution in [-0.2, 0) is 16.6 Å². The Hall–Kier alpha value is -1.75. The van der Waals surface area contributed by atoms with Gasteiger partial charge in [-0.05, 0) is 42.7 Å². The van der Waals surface area contributed by atoms with E-state index in [1.807, 2.05) is 13.0 Å². The Bertz CT molecular complexity index is 894. The zero-order valence-corrected chi connectivity index (χ0v) is 15.4. The lowest BCUT2D eigenvalue weighted by molar-refractivity contribution is -0.139. The minimum absolute atomic E-state index is 0.0327. The first-order valence-corrected chi connectivity index (χ1v) is 8.53. The highest BCUT2D eigenvalue weighted by molar-refractivity contribution is 6.45. The number of fused-ring (bicyclic) bond motifs is 1. The molecule has 7 heteroatoms. The second-order valence-corrected chi connectivity index (χ2v) is 7.26. The van der Waals surface area contributed by atoms with E-state index < -0.39 is 18.0 Å². The number of aliphatic carboxylic acids is 1. The van der Waals surface area contributed by atoms with Crippen LogP contribution in [0.15, 0.2) is 30.3 Å². The van der Waals surface area contributed by atoms with Gasteiger partial charge in [0.15, 0.2) is 12.4 Å². The summed E-state index contributed by atoms with van der Waals surface area (Å²) in [6.45, 7) is 1.28. The average molecular weight is 400 g/mol. The van der Waals surface area contributed by atoms with E-state index in [2.05, 4.69) is 0 Å². The molecular weight excluding hydrogens is 387 g/mol. The predicted molar refractivity (Wildman–Crippen MR) is 96.4 cm³/mol. The van der Waals surface area contributed by atoms with E-state index in [0.29, 0.717) is 22.6 Å². The molecule has 0 heterocycles. The molecule has 0 aliphatic heterocycles. The fourth-order valence-electron chi connectivity index (χ4n) is 3.08. The Morgan fingerprint density at radius 1 is 1.24 bits per heavy atom. The number of benzene rings is 2. The summed E-state index contributed by atoms with van der Waals surface area (Å²) >= 11 is 18.5. The summed E-state index contributed by atoms with van der Waals surface area (Å²) in [7, 11) is 0. The van der Waals surface area contributed by atoms with Crippen molar-refractivity contribution in [3.8, 4) is 5.75 Å². The summed E-state index contributed by atoms with van der Waals surface area (Å²) < 4.78 is 5.18. The molecule has 25 heavy (non-hydrogen) atoms. The van der Waals surface area contributed by atoms with Crippen LogP contribution in [0.4, 0.5) is 0 Å². The Balaban J connectivity index is 2.06. The topological polar surface area (TPSA) is 63.6 Å². The van der Waals surface area contributed by atoms with Crippen LogP contribution in [0.5, 0.6) is 5.75 Å². The maximum atomic E-state index is 13.1. The van der Waals surface area contributed by atoms with Crippen LogP contribution < -0.4 is 4.74 Å². The summed E-state index contributed by atoms with van der Waals surface area (Å²) in [5.41, 5.74) is 0.964. The first-order valence-electron chi connectivity index (χ1n) is 7.40. The number of carboxylic acid groups (broad SMARTS) is 1. The third kappa shape index (κ3) is 3.10. The van der Waals surface area contributed by atoms with Gasteiger partial charge in [0.25, 0.3) is 0 Å². The SMILES string of the molecule is CC1(c2cccc(Cl)c2)Cc2cc(OCC(=O)O)c(Cl)c(Cl)c2C1=O. The summed E-state index contributed by atoms with van der Waals surface area (Å²) in [6, 6.07) is 8.70. The van der Waals surface area contributed by atoms with Crippen molar-refractivity contribution < 1.29 is 19.4 Å². The van der Waals surface area contributed by atoms with E-state index in [1.165, 1.54) is 0 Å². The molecule has 1 atom stereocenters. The molecule has 0 aromatic heterocycles. The molecule has 130 valence electrons. The van der Waals surface area contributed by atoms with Gasteiger partial charge in [0.05, 0.1) is 10.4 Å². The van der Waals surface area contributed by atoms with Crippen LogP contribution in [0.2, 0.25) is 15.1 Å². The normalized spacial score (nSPS) is 19.0. The Morgan fingerprint density at radius 3 is 2.60 bits per heavy atom. The molecule has 1 N–H and O–H groups in total. The Kier molecular flexibility index (Phi) is 4.71. The van der Waals surface area contributed by atoms with Gasteiger partial charge in [-0.25, -0.2) is 4.79 Å². The lowest BCUT2D eigenvalue weighted by atomic mass is 9.79. The first kappa shape index (κ1) is 18.1. The highest BCUT2D eigenvalue weighted by atomic mass is 35.5. The van der Waals surface area contributed by atoms with Gasteiger partial charge in [0.1, 0.15) is 10.8 Å². The van der Waals surface area contributed by atoms with Crippen LogP contribution in [0.1, 0.15) is 28.4 Å². The second kappa shape index (κ2) is 6.52. The molecule has 1 aliphatic carbocycles. The number of ether oxygens (including phenoxy) is 1. The van der Waals surface area contributed by atoms with Crippen LogP contribution in [0.25, 0.3) is 0 Å². The molecule has 2 aromatic carbocycles. The Labute approximate surface area is 159 Å². The lowest BCUT2D eigenvalue weighted by Gasteiger charge is -2.22. The molecule has 3 rings (SSSR count). The number of halogens is 3. The van der Waals surface area contributed by atoms with Crippen molar-refractivity contribution in [2.45, 2.75) is 18.8 Å². The third-order valence-corrected chi connectivity index (χ3v) is 5.43. The monoisotopic (exact) mass is 398 g/mol. The zero-order valence-electron chi connectivity index (χ0n) is 13.1. The van der Waals surface area contributed by atoms with Crippen molar-refractivity contribution in [3.63, 3.8) is 0 Å². The first-order chi connectivity index (χ1) is 11.7. The molecule has 1 unspecified atom stereocenters. The molecule has 0 amide bonds. The van der Waals surface area contributed by atoms with Crippen molar-refractivity contribution >= 4 is 46.6 Å². The van der Waals surface area contributed by atoms with Gasteiger partial charge in [-0.1, -0.05) is 46.9 Å². The number of rotatable bonds is 4. The van der Waals surface area contributed by atoms with Crippen molar-refractivity contribution in [1.29, 1.82) is 0 Å². The van der Waals surface area contributed by atoms with Gasteiger partial charge in [0, 0.05) is 10.6 Å². The lowest BCUT2D eigenvalue weighted by Crippen LogP contribution is -2.29. The minimum Gasteiger partial charge on any atom is -0.480 e. The number of carboxylic acids is 1. The molecule has 0 saturated heterocycles. The van der Waals surface area contributed by atoms with E-state index in [-0.39, 0.29) is 21.6 Å². The molecule has 2 aromatic rings. The number of hydrogen-bond donors (Lipinski definition) is 1.